The Morgan fingerprint density at radius 1 is 0.868 bits per heavy atom. The third-order valence-electron chi connectivity index (χ3n) is 6.82. The zero-order valence-corrected chi connectivity index (χ0v) is 23.2. The predicted octanol–water partition coefficient (Wildman–Crippen LogP) is 5.50. The van der Waals surface area contributed by atoms with Gasteiger partial charge >= 0.3 is 0 Å². The Hall–Kier alpha value is -3.80. The Morgan fingerprint density at radius 2 is 1.53 bits per heavy atom. The summed E-state index contributed by atoms with van der Waals surface area (Å²) in [4.78, 5) is 29.2. The number of carbonyl (C=O) groups is 2. The van der Waals surface area contributed by atoms with Crippen molar-refractivity contribution in [1.29, 1.82) is 0 Å². The molecule has 0 bridgehead atoms. The highest BCUT2D eigenvalue weighted by molar-refractivity contribution is 5.88. The number of hydrogen-bond donors (Lipinski definition) is 1. The van der Waals surface area contributed by atoms with Crippen LogP contribution in [0.5, 0.6) is 11.5 Å². The molecule has 6 heteroatoms. The van der Waals surface area contributed by atoms with E-state index in [9.17, 15) is 9.59 Å². The summed E-state index contributed by atoms with van der Waals surface area (Å²) in [5.74, 6) is 1.08. The maximum atomic E-state index is 13.8. The van der Waals surface area contributed by atoms with Gasteiger partial charge in [-0.05, 0) is 55.5 Å². The van der Waals surface area contributed by atoms with Gasteiger partial charge in [-0.1, -0.05) is 73.2 Å². The minimum absolute atomic E-state index is 0.0175. The molecule has 3 rings (SSSR count). The monoisotopic (exact) mass is 516 g/mol. The van der Waals surface area contributed by atoms with Crippen molar-refractivity contribution in [3.63, 3.8) is 0 Å². The summed E-state index contributed by atoms with van der Waals surface area (Å²) in [6.45, 7) is 6.42. The second-order valence-corrected chi connectivity index (χ2v) is 9.72. The summed E-state index contributed by atoms with van der Waals surface area (Å²) in [7, 11) is 3.20. The van der Waals surface area contributed by atoms with Gasteiger partial charge in [0.2, 0.25) is 11.8 Å². The van der Waals surface area contributed by atoms with E-state index in [0.29, 0.717) is 30.9 Å². The van der Waals surface area contributed by atoms with Gasteiger partial charge in [0.1, 0.15) is 6.04 Å². The lowest BCUT2D eigenvalue weighted by Gasteiger charge is -2.32. The number of nitrogens with one attached hydrogen (secondary N) is 1. The molecule has 0 aliphatic heterocycles. The summed E-state index contributed by atoms with van der Waals surface area (Å²) >= 11 is 0. The smallest absolute Gasteiger partial charge is 0.243 e. The first-order chi connectivity index (χ1) is 18.3. The highest BCUT2D eigenvalue weighted by Crippen LogP contribution is 2.28. The van der Waals surface area contributed by atoms with Crippen LogP contribution in [0, 0.1) is 6.92 Å². The van der Waals surface area contributed by atoms with Crippen molar-refractivity contribution in [3.05, 3.63) is 95.1 Å². The molecule has 6 nitrogen and oxygen atoms in total. The number of benzene rings is 3. The second kappa shape index (κ2) is 14.2. The molecule has 0 spiro atoms. The largest absolute Gasteiger partial charge is 0.493 e. The molecule has 0 fully saturated rings. The van der Waals surface area contributed by atoms with E-state index < -0.39 is 6.04 Å². The summed E-state index contributed by atoms with van der Waals surface area (Å²) < 4.78 is 10.8. The first kappa shape index (κ1) is 28.8. The third kappa shape index (κ3) is 8.10. The van der Waals surface area contributed by atoms with Gasteiger partial charge in [0.15, 0.2) is 11.5 Å². The highest BCUT2D eigenvalue weighted by atomic mass is 16.5. The average Bonchev–Trinajstić information content (AvgIpc) is 2.94. The zero-order chi connectivity index (χ0) is 27.5. The maximum absolute atomic E-state index is 13.8. The molecule has 0 aromatic heterocycles. The molecule has 3 aromatic carbocycles. The predicted molar refractivity (Wildman–Crippen MR) is 151 cm³/mol. The van der Waals surface area contributed by atoms with Gasteiger partial charge in [0.25, 0.3) is 0 Å². The lowest BCUT2D eigenvalue weighted by atomic mass is 10.0. The molecule has 0 saturated heterocycles. The zero-order valence-electron chi connectivity index (χ0n) is 23.2. The fourth-order valence-corrected chi connectivity index (χ4v) is 4.32. The van der Waals surface area contributed by atoms with Crippen molar-refractivity contribution in [2.24, 2.45) is 0 Å². The van der Waals surface area contributed by atoms with Crippen LogP contribution in [0.2, 0.25) is 0 Å². The van der Waals surface area contributed by atoms with Crippen LogP contribution >= 0.6 is 0 Å². The molecular weight excluding hydrogens is 476 g/mol. The summed E-state index contributed by atoms with van der Waals surface area (Å²) in [5, 5.41) is 3.12. The average molecular weight is 517 g/mol. The van der Waals surface area contributed by atoms with Crippen molar-refractivity contribution in [2.45, 2.75) is 65.1 Å². The first-order valence-corrected chi connectivity index (χ1v) is 13.2. The SMILES string of the molecule is CC[C@@H](C)NC(=O)[C@H](Cc1ccccc1)N(Cc1ccc(C)cc1)C(=O)CCc1ccc(OC)c(OC)c1. The lowest BCUT2D eigenvalue weighted by molar-refractivity contribution is -0.141. The fraction of sp³-hybridized carbons (Fsp3) is 0.375. The third-order valence-corrected chi connectivity index (χ3v) is 6.82. The number of methoxy groups -OCH3 is 2. The molecule has 3 aromatic rings. The molecular formula is C32H40N2O4. The minimum atomic E-state index is -0.634. The number of amides is 2. The van der Waals surface area contributed by atoms with Gasteiger partial charge < -0.3 is 19.7 Å². The van der Waals surface area contributed by atoms with E-state index in [-0.39, 0.29) is 24.3 Å². The number of carbonyl (C=O) groups excluding carboxylic acids is 2. The van der Waals surface area contributed by atoms with E-state index >= 15 is 0 Å². The Kier molecular flexibility index (Phi) is 10.8. The molecule has 1 N–H and O–H groups in total. The Balaban J connectivity index is 1.90. The van der Waals surface area contributed by atoms with Crippen LogP contribution in [0.4, 0.5) is 0 Å². The molecule has 0 aliphatic rings. The number of hydrogen-bond acceptors (Lipinski definition) is 4. The molecule has 202 valence electrons. The summed E-state index contributed by atoms with van der Waals surface area (Å²) in [5.41, 5.74) is 4.12. The topological polar surface area (TPSA) is 67.9 Å². The van der Waals surface area contributed by atoms with E-state index in [1.165, 1.54) is 0 Å². The van der Waals surface area contributed by atoms with Crippen molar-refractivity contribution in [1.82, 2.24) is 10.2 Å². The van der Waals surface area contributed by atoms with E-state index in [1.807, 2.05) is 93.6 Å². The van der Waals surface area contributed by atoms with Gasteiger partial charge in [-0.3, -0.25) is 9.59 Å². The van der Waals surface area contributed by atoms with Crippen molar-refractivity contribution in [3.8, 4) is 11.5 Å². The molecule has 2 amide bonds. The van der Waals surface area contributed by atoms with Crippen molar-refractivity contribution >= 4 is 11.8 Å². The van der Waals surface area contributed by atoms with Gasteiger partial charge in [-0.15, -0.1) is 0 Å². The molecule has 38 heavy (non-hydrogen) atoms. The van der Waals surface area contributed by atoms with Crippen molar-refractivity contribution < 1.29 is 19.1 Å². The van der Waals surface area contributed by atoms with E-state index in [4.69, 9.17) is 9.47 Å². The van der Waals surface area contributed by atoms with Crippen LogP contribution in [0.15, 0.2) is 72.8 Å². The quantitative estimate of drug-likeness (QED) is 0.326. The summed E-state index contributed by atoms with van der Waals surface area (Å²) in [6.07, 6.45) is 2.05. The number of rotatable bonds is 13. The van der Waals surface area contributed by atoms with Crippen LogP contribution in [-0.2, 0) is 29.0 Å². The molecule has 0 unspecified atom stereocenters. The van der Waals surface area contributed by atoms with E-state index in [2.05, 4.69) is 5.32 Å². The van der Waals surface area contributed by atoms with Crippen LogP contribution in [0.1, 0.15) is 48.9 Å². The van der Waals surface area contributed by atoms with Crippen molar-refractivity contribution in [2.75, 3.05) is 14.2 Å². The number of aryl methyl sites for hydroxylation is 2. The molecule has 2 atom stereocenters. The Labute approximate surface area is 227 Å². The number of ether oxygens (including phenoxy) is 2. The Bertz CT molecular complexity index is 1180. The summed E-state index contributed by atoms with van der Waals surface area (Å²) in [6, 6.07) is 23.1. The highest BCUT2D eigenvalue weighted by Gasteiger charge is 2.30. The van der Waals surface area contributed by atoms with Gasteiger partial charge in [0.05, 0.1) is 14.2 Å². The molecule has 0 aliphatic carbocycles. The van der Waals surface area contributed by atoms with Gasteiger partial charge in [0, 0.05) is 25.4 Å². The van der Waals surface area contributed by atoms with Crippen LogP contribution < -0.4 is 14.8 Å². The van der Waals surface area contributed by atoms with Gasteiger partial charge in [-0.25, -0.2) is 0 Å². The van der Waals surface area contributed by atoms with Crippen LogP contribution in [-0.4, -0.2) is 43.0 Å². The standard InChI is InChI=1S/C32H40N2O4/c1-6-24(3)33-32(36)28(20-25-10-8-7-9-11-25)34(22-27-14-12-23(2)13-15-27)31(35)19-17-26-16-18-29(37-4)30(21-26)38-5/h7-16,18,21,24,28H,6,17,19-20,22H2,1-5H3,(H,33,36)/t24-,28+/m1/s1. The lowest BCUT2D eigenvalue weighted by Crippen LogP contribution is -2.52. The van der Waals surface area contributed by atoms with E-state index in [1.54, 1.807) is 19.1 Å². The number of nitrogens with zero attached hydrogens (tertiary/aromatic N) is 1. The Morgan fingerprint density at radius 3 is 2.16 bits per heavy atom. The van der Waals surface area contributed by atoms with Gasteiger partial charge in [-0.2, -0.15) is 0 Å². The first-order valence-electron chi connectivity index (χ1n) is 13.2. The fourth-order valence-electron chi connectivity index (χ4n) is 4.32. The molecule has 0 saturated carbocycles. The van der Waals surface area contributed by atoms with E-state index in [0.717, 1.165) is 28.7 Å². The van der Waals surface area contributed by atoms with Crippen LogP contribution in [0.3, 0.4) is 0 Å². The maximum Gasteiger partial charge on any atom is 0.243 e. The van der Waals surface area contributed by atoms with Crippen LogP contribution in [0.25, 0.3) is 0 Å². The second-order valence-electron chi connectivity index (χ2n) is 9.72. The normalized spacial score (nSPS) is 12.3. The molecule has 0 radical (unpaired) electrons. The molecule has 0 heterocycles. The minimum Gasteiger partial charge on any atom is -0.493 e.